The zero-order valence-electron chi connectivity index (χ0n) is 11.6. The highest BCUT2D eigenvalue weighted by molar-refractivity contribution is 5.47. The summed E-state index contributed by atoms with van der Waals surface area (Å²) in [5, 5.41) is 10.3. The number of hydrogen-bond donors (Lipinski definition) is 2. The van der Waals surface area contributed by atoms with E-state index in [1.54, 1.807) is 0 Å². The second kappa shape index (κ2) is 6.89. The number of aliphatic hydroxyl groups excluding tert-OH is 1. The number of nitrogens with zero attached hydrogens (tertiary/aromatic N) is 1. The van der Waals surface area contributed by atoms with Gasteiger partial charge in [0, 0.05) is 37.5 Å². The third-order valence-corrected chi connectivity index (χ3v) is 3.72. The monoisotopic (exact) mass is 264 g/mol. The van der Waals surface area contributed by atoms with E-state index in [-0.39, 0.29) is 0 Å². The lowest BCUT2D eigenvalue weighted by Crippen LogP contribution is -2.39. The van der Waals surface area contributed by atoms with Crippen LogP contribution >= 0.6 is 0 Å². The molecule has 0 saturated carbocycles. The van der Waals surface area contributed by atoms with Gasteiger partial charge in [-0.25, -0.2) is 0 Å². The maximum atomic E-state index is 10.3. The number of para-hydroxylation sites is 1. The standard InChI is InChI=1S/C15H24N2O2/c1-2-19-12-7-9-17(10-8-12)11-15(18)13-5-3-4-6-14(13)16/h3-6,12,15,18H,2,7-11,16H2,1H3. The van der Waals surface area contributed by atoms with Gasteiger partial charge in [0.15, 0.2) is 0 Å². The molecule has 0 spiro atoms. The predicted molar refractivity (Wildman–Crippen MR) is 76.9 cm³/mol. The molecule has 1 atom stereocenters. The Labute approximate surface area is 115 Å². The van der Waals surface area contributed by atoms with E-state index >= 15 is 0 Å². The number of β-amino-alcohol motifs (C(OH)–C–C–N with tert-alkyl or cyclic N) is 1. The summed E-state index contributed by atoms with van der Waals surface area (Å²) < 4.78 is 5.63. The smallest absolute Gasteiger partial charge is 0.0936 e. The van der Waals surface area contributed by atoms with Crippen molar-refractivity contribution in [3.63, 3.8) is 0 Å². The van der Waals surface area contributed by atoms with E-state index in [1.807, 2.05) is 31.2 Å². The van der Waals surface area contributed by atoms with Gasteiger partial charge in [0.2, 0.25) is 0 Å². The number of nitrogens with two attached hydrogens (primary N) is 1. The third-order valence-electron chi connectivity index (χ3n) is 3.72. The molecule has 1 aromatic rings. The summed E-state index contributed by atoms with van der Waals surface area (Å²) in [6.45, 7) is 5.43. The normalized spacial score (nSPS) is 19.5. The molecule has 1 saturated heterocycles. The molecule has 4 heteroatoms. The van der Waals surface area contributed by atoms with E-state index in [0.29, 0.717) is 18.3 Å². The first-order valence-corrected chi connectivity index (χ1v) is 7.07. The Bertz CT molecular complexity index is 389. The number of ether oxygens (including phenoxy) is 1. The van der Waals surface area contributed by atoms with Crippen molar-refractivity contribution in [1.29, 1.82) is 0 Å². The van der Waals surface area contributed by atoms with Crippen molar-refractivity contribution in [2.24, 2.45) is 0 Å². The van der Waals surface area contributed by atoms with E-state index in [2.05, 4.69) is 4.90 Å². The Morgan fingerprint density at radius 1 is 1.37 bits per heavy atom. The first-order valence-electron chi connectivity index (χ1n) is 7.07. The predicted octanol–water partition coefficient (Wildman–Crippen LogP) is 1.80. The quantitative estimate of drug-likeness (QED) is 0.796. The summed E-state index contributed by atoms with van der Waals surface area (Å²) in [5.74, 6) is 0. The molecular formula is C15H24N2O2. The molecule has 0 aliphatic carbocycles. The topological polar surface area (TPSA) is 58.7 Å². The van der Waals surface area contributed by atoms with Crippen LogP contribution in [0, 0.1) is 0 Å². The molecule has 1 fully saturated rings. The van der Waals surface area contributed by atoms with Crippen LogP contribution in [0.3, 0.4) is 0 Å². The molecule has 106 valence electrons. The van der Waals surface area contributed by atoms with Crippen molar-refractivity contribution in [3.8, 4) is 0 Å². The fourth-order valence-electron chi connectivity index (χ4n) is 2.65. The molecule has 1 aromatic carbocycles. The van der Waals surface area contributed by atoms with Gasteiger partial charge in [-0.3, -0.25) is 0 Å². The number of anilines is 1. The molecule has 0 aromatic heterocycles. The molecule has 0 radical (unpaired) electrons. The van der Waals surface area contributed by atoms with Crippen LogP contribution in [-0.4, -0.2) is 42.4 Å². The number of piperidine rings is 1. The van der Waals surface area contributed by atoms with Crippen molar-refractivity contribution in [2.45, 2.75) is 32.0 Å². The van der Waals surface area contributed by atoms with Crippen LogP contribution in [0.25, 0.3) is 0 Å². The Morgan fingerprint density at radius 3 is 2.68 bits per heavy atom. The van der Waals surface area contributed by atoms with Gasteiger partial charge in [0.05, 0.1) is 12.2 Å². The summed E-state index contributed by atoms with van der Waals surface area (Å²) in [6.07, 6.45) is 1.97. The molecule has 1 heterocycles. The summed E-state index contributed by atoms with van der Waals surface area (Å²) in [6, 6.07) is 7.53. The first-order chi connectivity index (χ1) is 9.20. The van der Waals surface area contributed by atoms with Gasteiger partial charge in [0.25, 0.3) is 0 Å². The highest BCUT2D eigenvalue weighted by atomic mass is 16.5. The van der Waals surface area contributed by atoms with Gasteiger partial charge in [-0.05, 0) is 25.8 Å². The molecule has 2 rings (SSSR count). The van der Waals surface area contributed by atoms with Gasteiger partial charge < -0.3 is 20.5 Å². The van der Waals surface area contributed by atoms with Crippen LogP contribution in [0.1, 0.15) is 31.4 Å². The van der Waals surface area contributed by atoms with E-state index in [1.165, 1.54) is 0 Å². The molecule has 3 N–H and O–H groups in total. The summed E-state index contributed by atoms with van der Waals surface area (Å²) in [7, 11) is 0. The molecule has 0 amide bonds. The highest BCUT2D eigenvalue weighted by Crippen LogP contribution is 2.22. The number of aliphatic hydroxyl groups is 1. The van der Waals surface area contributed by atoms with Crippen LogP contribution in [0.5, 0.6) is 0 Å². The minimum Gasteiger partial charge on any atom is -0.398 e. The van der Waals surface area contributed by atoms with E-state index < -0.39 is 6.10 Å². The molecule has 1 aliphatic heterocycles. The number of rotatable bonds is 5. The van der Waals surface area contributed by atoms with E-state index in [9.17, 15) is 5.11 Å². The van der Waals surface area contributed by atoms with Crippen LogP contribution < -0.4 is 5.73 Å². The third kappa shape index (κ3) is 3.93. The Kier molecular flexibility index (Phi) is 5.19. The summed E-state index contributed by atoms with van der Waals surface area (Å²) in [5.41, 5.74) is 7.38. The second-order valence-corrected chi connectivity index (χ2v) is 5.10. The molecule has 19 heavy (non-hydrogen) atoms. The van der Waals surface area contributed by atoms with Crippen molar-refractivity contribution in [1.82, 2.24) is 4.90 Å². The minimum atomic E-state index is -0.509. The van der Waals surface area contributed by atoms with Crippen molar-refractivity contribution in [3.05, 3.63) is 29.8 Å². The second-order valence-electron chi connectivity index (χ2n) is 5.10. The maximum absolute atomic E-state index is 10.3. The van der Waals surface area contributed by atoms with Crippen molar-refractivity contribution >= 4 is 5.69 Å². The van der Waals surface area contributed by atoms with Crippen molar-refractivity contribution in [2.75, 3.05) is 32.0 Å². The molecule has 1 aliphatic rings. The average Bonchev–Trinajstić information content (AvgIpc) is 2.42. The van der Waals surface area contributed by atoms with Crippen LogP contribution in [-0.2, 0) is 4.74 Å². The number of likely N-dealkylation sites (tertiary alicyclic amines) is 1. The van der Waals surface area contributed by atoms with Crippen LogP contribution in [0.4, 0.5) is 5.69 Å². The fraction of sp³-hybridized carbons (Fsp3) is 0.600. The zero-order valence-corrected chi connectivity index (χ0v) is 11.6. The molecule has 4 nitrogen and oxygen atoms in total. The Hall–Kier alpha value is -1.10. The van der Waals surface area contributed by atoms with E-state index in [4.69, 9.17) is 10.5 Å². The lowest BCUT2D eigenvalue weighted by Gasteiger charge is -2.33. The first kappa shape index (κ1) is 14.3. The van der Waals surface area contributed by atoms with Gasteiger partial charge >= 0.3 is 0 Å². The Balaban J connectivity index is 1.84. The van der Waals surface area contributed by atoms with Crippen LogP contribution in [0.2, 0.25) is 0 Å². The fourth-order valence-corrected chi connectivity index (χ4v) is 2.65. The van der Waals surface area contributed by atoms with Crippen molar-refractivity contribution < 1.29 is 9.84 Å². The number of benzene rings is 1. The Morgan fingerprint density at radius 2 is 2.05 bits per heavy atom. The van der Waals surface area contributed by atoms with Crippen LogP contribution in [0.15, 0.2) is 24.3 Å². The van der Waals surface area contributed by atoms with Gasteiger partial charge in [-0.2, -0.15) is 0 Å². The average molecular weight is 264 g/mol. The molecular weight excluding hydrogens is 240 g/mol. The highest BCUT2D eigenvalue weighted by Gasteiger charge is 2.22. The van der Waals surface area contributed by atoms with Gasteiger partial charge in [-0.1, -0.05) is 18.2 Å². The molecule has 1 unspecified atom stereocenters. The van der Waals surface area contributed by atoms with E-state index in [0.717, 1.165) is 38.1 Å². The summed E-state index contributed by atoms with van der Waals surface area (Å²) in [4.78, 5) is 2.28. The number of hydrogen-bond acceptors (Lipinski definition) is 4. The molecule has 0 bridgehead atoms. The lowest BCUT2D eigenvalue weighted by atomic mass is 10.0. The summed E-state index contributed by atoms with van der Waals surface area (Å²) >= 11 is 0. The maximum Gasteiger partial charge on any atom is 0.0936 e. The lowest BCUT2D eigenvalue weighted by molar-refractivity contribution is 0.00335. The van der Waals surface area contributed by atoms with Gasteiger partial charge in [0.1, 0.15) is 0 Å². The SMILES string of the molecule is CCOC1CCN(CC(O)c2ccccc2N)CC1. The largest absolute Gasteiger partial charge is 0.398 e. The van der Waals surface area contributed by atoms with Gasteiger partial charge in [-0.15, -0.1) is 0 Å². The number of nitrogen functional groups attached to an aromatic ring is 1. The zero-order chi connectivity index (χ0) is 13.7. The minimum absolute atomic E-state index is 0.389.